The minimum atomic E-state index is 0.210. The van der Waals surface area contributed by atoms with Crippen molar-refractivity contribution >= 4 is 0 Å². The van der Waals surface area contributed by atoms with Crippen molar-refractivity contribution in [3.05, 3.63) is 0 Å². The third-order valence-corrected chi connectivity index (χ3v) is 4.65. The molecule has 2 aliphatic rings. The normalized spacial score (nSPS) is 40.3. The van der Waals surface area contributed by atoms with Gasteiger partial charge in [0.15, 0.2) is 0 Å². The van der Waals surface area contributed by atoms with Crippen molar-refractivity contribution in [2.75, 3.05) is 0 Å². The van der Waals surface area contributed by atoms with Crippen LogP contribution in [0.3, 0.4) is 0 Å². The average molecular weight is 195 g/mol. The van der Waals surface area contributed by atoms with Gasteiger partial charge in [0, 0.05) is 5.54 Å². The molecule has 0 amide bonds. The SMILES string of the molecule is CC1CCCC1(N)CC1CCCCC1. The minimum absolute atomic E-state index is 0.210. The highest BCUT2D eigenvalue weighted by atomic mass is 14.8. The van der Waals surface area contributed by atoms with E-state index in [-0.39, 0.29) is 5.54 Å². The van der Waals surface area contributed by atoms with Gasteiger partial charge in [0.2, 0.25) is 0 Å². The number of hydrogen-bond acceptors (Lipinski definition) is 1. The fraction of sp³-hybridized carbons (Fsp3) is 1.00. The molecule has 0 aromatic heterocycles. The van der Waals surface area contributed by atoms with Gasteiger partial charge >= 0.3 is 0 Å². The number of rotatable bonds is 2. The lowest BCUT2D eigenvalue weighted by atomic mass is 9.76. The molecule has 2 saturated carbocycles. The predicted molar refractivity (Wildman–Crippen MR) is 61.1 cm³/mol. The summed E-state index contributed by atoms with van der Waals surface area (Å²) in [6, 6.07) is 0. The van der Waals surface area contributed by atoms with E-state index in [2.05, 4.69) is 6.92 Å². The Morgan fingerprint density at radius 3 is 2.36 bits per heavy atom. The fourth-order valence-electron chi connectivity index (χ4n) is 3.50. The molecule has 14 heavy (non-hydrogen) atoms. The first kappa shape index (κ1) is 10.5. The molecule has 2 unspecified atom stereocenters. The van der Waals surface area contributed by atoms with Crippen LogP contribution in [0.25, 0.3) is 0 Å². The third kappa shape index (κ3) is 2.13. The molecule has 1 nitrogen and oxygen atoms in total. The van der Waals surface area contributed by atoms with Crippen LogP contribution in [-0.2, 0) is 0 Å². The van der Waals surface area contributed by atoms with Gasteiger partial charge in [-0.3, -0.25) is 0 Å². The summed E-state index contributed by atoms with van der Waals surface area (Å²) in [6.45, 7) is 2.36. The van der Waals surface area contributed by atoms with Gasteiger partial charge in [-0.1, -0.05) is 45.4 Å². The van der Waals surface area contributed by atoms with Gasteiger partial charge in [0.05, 0.1) is 0 Å². The van der Waals surface area contributed by atoms with Crippen molar-refractivity contribution in [1.82, 2.24) is 0 Å². The zero-order chi connectivity index (χ0) is 10.0. The van der Waals surface area contributed by atoms with E-state index in [0.29, 0.717) is 0 Å². The molecular formula is C13H25N. The summed E-state index contributed by atoms with van der Waals surface area (Å²) >= 11 is 0. The van der Waals surface area contributed by atoms with Crippen molar-refractivity contribution in [2.45, 2.75) is 70.3 Å². The number of nitrogens with two attached hydrogens (primary N) is 1. The first-order valence-corrected chi connectivity index (χ1v) is 6.49. The second kappa shape index (κ2) is 4.22. The van der Waals surface area contributed by atoms with Crippen LogP contribution in [0.1, 0.15) is 64.7 Å². The third-order valence-electron chi connectivity index (χ3n) is 4.65. The van der Waals surface area contributed by atoms with E-state index >= 15 is 0 Å². The molecule has 2 atom stereocenters. The average Bonchev–Trinajstić information content (AvgIpc) is 2.48. The first-order chi connectivity index (χ1) is 6.71. The molecule has 2 N–H and O–H groups in total. The van der Waals surface area contributed by atoms with E-state index in [1.807, 2.05) is 0 Å². The molecule has 1 heteroatoms. The summed E-state index contributed by atoms with van der Waals surface area (Å²) in [5.74, 6) is 1.72. The molecule has 0 spiro atoms. The van der Waals surface area contributed by atoms with Gasteiger partial charge in [0.25, 0.3) is 0 Å². The maximum Gasteiger partial charge on any atom is 0.0182 e. The van der Waals surface area contributed by atoms with Gasteiger partial charge in [-0.25, -0.2) is 0 Å². The summed E-state index contributed by atoms with van der Waals surface area (Å²) in [5, 5.41) is 0. The Bertz CT molecular complexity index is 184. The minimum Gasteiger partial charge on any atom is -0.325 e. The highest BCUT2D eigenvalue weighted by Gasteiger charge is 2.38. The quantitative estimate of drug-likeness (QED) is 0.717. The maximum atomic E-state index is 6.53. The molecule has 0 heterocycles. The second-order valence-corrected chi connectivity index (χ2v) is 5.73. The molecule has 0 aromatic carbocycles. The molecule has 0 bridgehead atoms. The van der Waals surface area contributed by atoms with E-state index in [1.54, 1.807) is 0 Å². The smallest absolute Gasteiger partial charge is 0.0182 e. The van der Waals surface area contributed by atoms with E-state index in [1.165, 1.54) is 57.8 Å². The van der Waals surface area contributed by atoms with Crippen LogP contribution in [0.4, 0.5) is 0 Å². The van der Waals surface area contributed by atoms with Gasteiger partial charge in [-0.2, -0.15) is 0 Å². The lowest BCUT2D eigenvalue weighted by Crippen LogP contribution is -2.44. The lowest BCUT2D eigenvalue weighted by molar-refractivity contribution is 0.223. The Hall–Kier alpha value is -0.0400. The Labute approximate surface area is 88.4 Å². The van der Waals surface area contributed by atoms with Crippen molar-refractivity contribution in [1.29, 1.82) is 0 Å². The first-order valence-electron chi connectivity index (χ1n) is 6.49. The summed E-state index contributed by atoms with van der Waals surface area (Å²) in [7, 11) is 0. The second-order valence-electron chi connectivity index (χ2n) is 5.73. The molecule has 0 radical (unpaired) electrons. The van der Waals surface area contributed by atoms with Crippen LogP contribution in [0.15, 0.2) is 0 Å². The van der Waals surface area contributed by atoms with Crippen LogP contribution < -0.4 is 5.73 Å². The van der Waals surface area contributed by atoms with Crippen LogP contribution >= 0.6 is 0 Å². The van der Waals surface area contributed by atoms with Crippen LogP contribution in [0, 0.1) is 11.8 Å². The van der Waals surface area contributed by atoms with Gasteiger partial charge in [-0.15, -0.1) is 0 Å². The van der Waals surface area contributed by atoms with E-state index in [9.17, 15) is 0 Å². The van der Waals surface area contributed by atoms with Gasteiger partial charge < -0.3 is 5.73 Å². The van der Waals surface area contributed by atoms with Crippen LogP contribution in [0.5, 0.6) is 0 Å². The van der Waals surface area contributed by atoms with Gasteiger partial charge in [-0.05, 0) is 31.1 Å². The highest BCUT2D eigenvalue weighted by molar-refractivity contribution is 4.96. The van der Waals surface area contributed by atoms with E-state index < -0.39 is 0 Å². The Morgan fingerprint density at radius 1 is 1.07 bits per heavy atom. The van der Waals surface area contributed by atoms with Crippen molar-refractivity contribution in [3.63, 3.8) is 0 Å². The largest absolute Gasteiger partial charge is 0.325 e. The summed E-state index contributed by atoms with van der Waals surface area (Å²) in [5.41, 5.74) is 6.74. The highest BCUT2D eigenvalue weighted by Crippen LogP contribution is 2.40. The Balaban J connectivity index is 1.88. The molecule has 2 aliphatic carbocycles. The topological polar surface area (TPSA) is 26.0 Å². The summed E-state index contributed by atoms with van der Waals surface area (Å²) in [6.07, 6.45) is 12.6. The lowest BCUT2D eigenvalue weighted by Gasteiger charge is -2.35. The van der Waals surface area contributed by atoms with Gasteiger partial charge in [0.1, 0.15) is 0 Å². The molecule has 2 rings (SSSR count). The van der Waals surface area contributed by atoms with E-state index in [0.717, 1.165) is 11.8 Å². The maximum absolute atomic E-state index is 6.53. The fourth-order valence-corrected chi connectivity index (χ4v) is 3.50. The molecule has 0 aliphatic heterocycles. The Kier molecular flexibility index (Phi) is 3.16. The number of hydrogen-bond donors (Lipinski definition) is 1. The summed E-state index contributed by atoms with van der Waals surface area (Å²) in [4.78, 5) is 0. The molecule has 0 aromatic rings. The van der Waals surface area contributed by atoms with Crippen LogP contribution in [0.2, 0.25) is 0 Å². The van der Waals surface area contributed by atoms with E-state index in [4.69, 9.17) is 5.73 Å². The van der Waals surface area contributed by atoms with Crippen molar-refractivity contribution < 1.29 is 0 Å². The molecule has 82 valence electrons. The Morgan fingerprint density at radius 2 is 1.79 bits per heavy atom. The molecular weight excluding hydrogens is 170 g/mol. The molecule has 0 saturated heterocycles. The zero-order valence-electron chi connectivity index (χ0n) is 9.60. The van der Waals surface area contributed by atoms with Crippen LogP contribution in [-0.4, -0.2) is 5.54 Å². The van der Waals surface area contributed by atoms with Crippen molar-refractivity contribution in [2.24, 2.45) is 17.6 Å². The van der Waals surface area contributed by atoms with Crippen molar-refractivity contribution in [3.8, 4) is 0 Å². The predicted octanol–water partition coefficient (Wildman–Crippen LogP) is 3.47. The standard InChI is InChI=1S/C13H25N/c1-11-6-5-9-13(11,14)10-12-7-3-2-4-8-12/h11-12H,2-10,14H2,1H3. The zero-order valence-corrected chi connectivity index (χ0v) is 9.60. The summed E-state index contributed by atoms with van der Waals surface area (Å²) < 4.78 is 0. The monoisotopic (exact) mass is 195 g/mol. The molecule has 2 fully saturated rings.